The molecule has 122 valence electrons. The molecule has 0 radical (unpaired) electrons. The highest BCUT2D eigenvalue weighted by atomic mass is 16.1. The largest absolute Gasteiger partial charge is 0.289 e. The van der Waals surface area contributed by atoms with Crippen LogP contribution in [0.4, 0.5) is 0 Å². The molecule has 0 N–H and O–H groups in total. The Morgan fingerprint density at radius 2 is 1.17 bits per heavy atom. The topological polar surface area (TPSA) is 17.1 Å². The van der Waals surface area contributed by atoms with Crippen LogP contribution in [-0.4, -0.2) is 5.78 Å². The molecule has 0 aromatic heterocycles. The predicted molar refractivity (Wildman–Crippen MR) is 103 cm³/mol. The summed E-state index contributed by atoms with van der Waals surface area (Å²) in [5.74, 6) is 0.0623. The van der Waals surface area contributed by atoms with E-state index in [1.54, 1.807) is 0 Å². The van der Waals surface area contributed by atoms with E-state index >= 15 is 0 Å². The Labute approximate surface area is 145 Å². The molecular weight excluding hydrogens is 292 g/mol. The highest BCUT2D eigenvalue weighted by Gasteiger charge is 2.08. The van der Waals surface area contributed by atoms with E-state index in [1.165, 1.54) is 16.7 Å². The van der Waals surface area contributed by atoms with Gasteiger partial charge in [0.25, 0.3) is 0 Å². The van der Waals surface area contributed by atoms with Crippen molar-refractivity contribution in [3.05, 3.63) is 95.1 Å². The van der Waals surface area contributed by atoms with Crippen LogP contribution in [0.3, 0.4) is 0 Å². The second-order valence-corrected chi connectivity index (χ2v) is 5.57. The lowest BCUT2D eigenvalue weighted by Gasteiger charge is -2.07. The Hall–Kier alpha value is -2.67. The van der Waals surface area contributed by atoms with E-state index in [2.05, 4.69) is 32.0 Å². The fourth-order valence-corrected chi connectivity index (χ4v) is 2.49. The van der Waals surface area contributed by atoms with Gasteiger partial charge in [-0.1, -0.05) is 86.6 Å². The summed E-state index contributed by atoms with van der Waals surface area (Å²) in [5, 5.41) is 0. The molecule has 0 bridgehead atoms. The second-order valence-electron chi connectivity index (χ2n) is 5.57. The maximum Gasteiger partial charge on any atom is 0.193 e. The van der Waals surface area contributed by atoms with Crippen molar-refractivity contribution in [3.8, 4) is 11.1 Å². The molecule has 0 saturated heterocycles. The Morgan fingerprint density at radius 3 is 1.75 bits per heavy atom. The smallest absolute Gasteiger partial charge is 0.193 e. The standard InChI is InChI=1S/C21H18O.C2H6/c1-15-8-9-20(14-16(15)2)17-10-12-19(13-11-17)21(22)18-6-4-3-5-7-18;1-2/h3-14H,1-2H3;1-2H3. The van der Waals surface area contributed by atoms with Gasteiger partial charge in [-0.2, -0.15) is 0 Å². The predicted octanol–water partition coefficient (Wildman–Crippen LogP) is 6.23. The fraction of sp³-hybridized carbons (Fsp3) is 0.174. The lowest BCUT2D eigenvalue weighted by molar-refractivity contribution is 0.103. The quantitative estimate of drug-likeness (QED) is 0.524. The van der Waals surface area contributed by atoms with Crippen molar-refractivity contribution in [2.75, 3.05) is 0 Å². The molecule has 3 aromatic carbocycles. The van der Waals surface area contributed by atoms with E-state index in [1.807, 2.05) is 68.4 Å². The zero-order chi connectivity index (χ0) is 17.5. The van der Waals surface area contributed by atoms with E-state index in [9.17, 15) is 4.79 Å². The van der Waals surface area contributed by atoms with E-state index in [0.29, 0.717) is 0 Å². The van der Waals surface area contributed by atoms with Crippen LogP contribution >= 0.6 is 0 Å². The van der Waals surface area contributed by atoms with E-state index in [0.717, 1.165) is 16.7 Å². The minimum Gasteiger partial charge on any atom is -0.289 e. The lowest BCUT2D eigenvalue weighted by atomic mass is 9.97. The van der Waals surface area contributed by atoms with Gasteiger partial charge in [0, 0.05) is 11.1 Å². The molecule has 1 heteroatoms. The number of hydrogen-bond donors (Lipinski definition) is 0. The fourth-order valence-electron chi connectivity index (χ4n) is 2.49. The Balaban J connectivity index is 0.00000100. The van der Waals surface area contributed by atoms with Crippen LogP contribution in [0.15, 0.2) is 72.8 Å². The summed E-state index contributed by atoms with van der Waals surface area (Å²) >= 11 is 0. The zero-order valence-corrected chi connectivity index (χ0v) is 14.8. The van der Waals surface area contributed by atoms with Gasteiger partial charge in [-0.25, -0.2) is 0 Å². The summed E-state index contributed by atoms with van der Waals surface area (Å²) in [6, 6.07) is 23.7. The molecule has 1 nitrogen and oxygen atoms in total. The van der Waals surface area contributed by atoms with Crippen molar-refractivity contribution >= 4 is 5.78 Å². The van der Waals surface area contributed by atoms with Gasteiger partial charge in [0.1, 0.15) is 0 Å². The van der Waals surface area contributed by atoms with E-state index < -0.39 is 0 Å². The summed E-state index contributed by atoms with van der Waals surface area (Å²) in [4.78, 5) is 12.4. The number of carbonyl (C=O) groups excluding carboxylic acids is 1. The third-order valence-corrected chi connectivity index (χ3v) is 4.02. The number of benzene rings is 3. The third kappa shape index (κ3) is 3.99. The zero-order valence-electron chi connectivity index (χ0n) is 14.8. The Bertz CT molecular complexity index is 799. The summed E-state index contributed by atoms with van der Waals surface area (Å²) < 4.78 is 0. The molecule has 0 spiro atoms. The molecule has 0 aliphatic heterocycles. The van der Waals surface area contributed by atoms with Gasteiger partial charge in [0.05, 0.1) is 0 Å². The van der Waals surface area contributed by atoms with Gasteiger partial charge in [-0.3, -0.25) is 4.79 Å². The maximum atomic E-state index is 12.4. The number of aryl methyl sites for hydroxylation is 2. The van der Waals surface area contributed by atoms with Crippen LogP contribution in [0, 0.1) is 13.8 Å². The van der Waals surface area contributed by atoms with Crippen LogP contribution in [0.2, 0.25) is 0 Å². The molecule has 0 saturated carbocycles. The van der Waals surface area contributed by atoms with Crippen LogP contribution in [0.1, 0.15) is 40.9 Å². The van der Waals surface area contributed by atoms with Crippen molar-refractivity contribution in [1.82, 2.24) is 0 Å². The molecule has 0 amide bonds. The molecule has 0 aliphatic carbocycles. The first-order valence-electron chi connectivity index (χ1n) is 8.42. The monoisotopic (exact) mass is 316 g/mol. The number of ketones is 1. The summed E-state index contributed by atoms with van der Waals surface area (Å²) in [7, 11) is 0. The Kier molecular flexibility index (Phi) is 6.08. The number of hydrogen-bond acceptors (Lipinski definition) is 1. The molecule has 0 fully saturated rings. The van der Waals surface area contributed by atoms with Gasteiger partial charge >= 0.3 is 0 Å². The third-order valence-electron chi connectivity index (χ3n) is 4.02. The van der Waals surface area contributed by atoms with Crippen molar-refractivity contribution in [2.24, 2.45) is 0 Å². The highest BCUT2D eigenvalue weighted by Crippen LogP contribution is 2.23. The molecule has 3 aromatic rings. The molecule has 0 atom stereocenters. The molecule has 0 unspecified atom stereocenters. The second kappa shape index (κ2) is 8.26. The Morgan fingerprint density at radius 1 is 0.625 bits per heavy atom. The van der Waals surface area contributed by atoms with Crippen molar-refractivity contribution < 1.29 is 4.79 Å². The average molecular weight is 316 g/mol. The lowest BCUT2D eigenvalue weighted by Crippen LogP contribution is -2.00. The first-order valence-corrected chi connectivity index (χ1v) is 8.42. The van der Waals surface area contributed by atoms with Gasteiger partial charge in [0.15, 0.2) is 5.78 Å². The average Bonchev–Trinajstić information content (AvgIpc) is 2.66. The minimum atomic E-state index is 0.0623. The molecule has 24 heavy (non-hydrogen) atoms. The first-order chi connectivity index (χ1) is 11.6. The van der Waals surface area contributed by atoms with Crippen molar-refractivity contribution in [1.29, 1.82) is 0 Å². The van der Waals surface area contributed by atoms with Gasteiger partial charge in [-0.05, 0) is 36.1 Å². The number of rotatable bonds is 3. The van der Waals surface area contributed by atoms with Crippen LogP contribution in [0.25, 0.3) is 11.1 Å². The number of carbonyl (C=O) groups is 1. The first kappa shape index (κ1) is 17.7. The molecule has 0 heterocycles. The van der Waals surface area contributed by atoms with Crippen molar-refractivity contribution in [2.45, 2.75) is 27.7 Å². The van der Waals surface area contributed by atoms with Gasteiger partial charge in [0.2, 0.25) is 0 Å². The van der Waals surface area contributed by atoms with E-state index in [4.69, 9.17) is 0 Å². The van der Waals surface area contributed by atoms with Crippen molar-refractivity contribution in [3.63, 3.8) is 0 Å². The van der Waals surface area contributed by atoms with Crippen LogP contribution in [-0.2, 0) is 0 Å². The van der Waals surface area contributed by atoms with Gasteiger partial charge in [-0.15, -0.1) is 0 Å². The summed E-state index contributed by atoms with van der Waals surface area (Å²) in [5.41, 5.74) is 6.33. The van der Waals surface area contributed by atoms with Gasteiger partial charge < -0.3 is 0 Å². The van der Waals surface area contributed by atoms with Crippen LogP contribution in [0.5, 0.6) is 0 Å². The molecule has 3 rings (SSSR count). The van der Waals surface area contributed by atoms with Crippen LogP contribution < -0.4 is 0 Å². The van der Waals surface area contributed by atoms with E-state index in [-0.39, 0.29) is 5.78 Å². The molecular formula is C23H24O. The summed E-state index contributed by atoms with van der Waals surface area (Å²) in [6.45, 7) is 8.23. The highest BCUT2D eigenvalue weighted by molar-refractivity contribution is 6.09. The maximum absolute atomic E-state index is 12.4. The normalized spacial score (nSPS) is 9.83. The SMILES string of the molecule is CC.Cc1ccc(-c2ccc(C(=O)c3ccccc3)cc2)cc1C. The minimum absolute atomic E-state index is 0.0623. The molecule has 0 aliphatic rings. The summed E-state index contributed by atoms with van der Waals surface area (Å²) in [6.07, 6.45) is 0.